The van der Waals surface area contributed by atoms with Crippen LogP contribution in [0.1, 0.15) is 0 Å². The topological polar surface area (TPSA) is 64.8 Å². The molecule has 2 aromatic heterocycles. The molecule has 0 N–H and O–H groups in total. The van der Waals surface area contributed by atoms with Gasteiger partial charge in [0.1, 0.15) is 6.33 Å². The molecular formula is C36H25N3O2S. The summed E-state index contributed by atoms with van der Waals surface area (Å²) in [5, 5.41) is 0. The number of imidazole rings is 1. The van der Waals surface area contributed by atoms with E-state index in [2.05, 4.69) is 47.4 Å². The molecule has 0 aliphatic carbocycles. The van der Waals surface area contributed by atoms with Crippen molar-refractivity contribution in [3.8, 4) is 44.8 Å². The van der Waals surface area contributed by atoms with E-state index in [1.54, 1.807) is 36.4 Å². The van der Waals surface area contributed by atoms with Gasteiger partial charge in [0.05, 0.1) is 27.3 Å². The molecule has 5 nitrogen and oxygen atoms in total. The standard InChI is InChI=1S/C36H25N3O2S/c40-42(41,28-17-8-3-9-18-28)39-25-37-36-31(21-11-24-34(36)39)32-22-12-23-33(38-32)35-29(26-13-4-1-5-14-26)19-10-20-30(35)27-15-6-2-7-16-27/h1-25H. The molecule has 0 saturated carbocycles. The number of benzene rings is 5. The van der Waals surface area contributed by atoms with Crippen molar-refractivity contribution in [2.45, 2.75) is 4.90 Å². The van der Waals surface area contributed by atoms with Crippen LogP contribution in [0.3, 0.4) is 0 Å². The van der Waals surface area contributed by atoms with Crippen LogP contribution in [0.25, 0.3) is 55.8 Å². The summed E-state index contributed by atoms with van der Waals surface area (Å²) in [6.45, 7) is 0. The first-order valence-corrected chi connectivity index (χ1v) is 15.0. The van der Waals surface area contributed by atoms with Crippen LogP contribution in [-0.2, 0) is 10.0 Å². The SMILES string of the molecule is O=S(=O)(c1ccccc1)n1cnc2c(-c3cccc(-c4c(-c5ccccc5)cccc4-c4ccccc4)n3)cccc21. The zero-order valence-electron chi connectivity index (χ0n) is 22.5. The number of rotatable bonds is 6. The summed E-state index contributed by atoms with van der Waals surface area (Å²) in [4.78, 5) is 9.94. The van der Waals surface area contributed by atoms with Crippen LogP contribution in [0.2, 0.25) is 0 Å². The van der Waals surface area contributed by atoms with E-state index < -0.39 is 10.0 Å². The molecule has 0 saturated heterocycles. The summed E-state index contributed by atoms with van der Waals surface area (Å²) >= 11 is 0. The van der Waals surface area contributed by atoms with E-state index in [0.717, 1.165) is 39.1 Å². The third kappa shape index (κ3) is 4.48. The number of fused-ring (bicyclic) bond motifs is 1. The minimum Gasteiger partial charge on any atom is -0.248 e. The van der Waals surface area contributed by atoms with Crippen LogP contribution >= 0.6 is 0 Å². The number of pyridine rings is 1. The molecule has 0 bridgehead atoms. The van der Waals surface area contributed by atoms with Gasteiger partial charge in [0.2, 0.25) is 0 Å². The van der Waals surface area contributed by atoms with Crippen LogP contribution in [0, 0.1) is 0 Å². The predicted molar refractivity (Wildman–Crippen MR) is 168 cm³/mol. The summed E-state index contributed by atoms with van der Waals surface area (Å²) in [6.07, 6.45) is 1.37. The van der Waals surface area contributed by atoms with E-state index in [1.807, 2.05) is 66.7 Å². The zero-order chi connectivity index (χ0) is 28.5. The number of para-hydroxylation sites is 1. The number of hydrogen-bond donors (Lipinski definition) is 0. The Hall–Kier alpha value is -5.33. The van der Waals surface area contributed by atoms with Crippen molar-refractivity contribution in [2.75, 3.05) is 0 Å². The Morgan fingerprint density at radius 3 is 1.67 bits per heavy atom. The minimum atomic E-state index is -3.81. The van der Waals surface area contributed by atoms with Crippen LogP contribution in [0.4, 0.5) is 0 Å². The Labute approximate surface area is 244 Å². The van der Waals surface area contributed by atoms with Crippen LogP contribution < -0.4 is 0 Å². The molecule has 0 amide bonds. The highest BCUT2D eigenvalue weighted by molar-refractivity contribution is 7.90. The second-order valence-corrected chi connectivity index (χ2v) is 11.7. The molecule has 0 aliphatic rings. The Kier molecular flexibility index (Phi) is 6.45. The van der Waals surface area contributed by atoms with E-state index in [-0.39, 0.29) is 4.90 Å². The highest BCUT2D eigenvalue weighted by Gasteiger charge is 2.22. The second kappa shape index (κ2) is 10.6. The summed E-state index contributed by atoms with van der Waals surface area (Å²) in [7, 11) is -3.81. The van der Waals surface area contributed by atoms with Crippen LogP contribution in [0.5, 0.6) is 0 Å². The molecule has 6 heteroatoms. The lowest BCUT2D eigenvalue weighted by atomic mass is 9.89. The third-order valence-corrected chi connectivity index (χ3v) is 9.04. The molecule has 0 radical (unpaired) electrons. The van der Waals surface area contributed by atoms with Crippen LogP contribution in [0.15, 0.2) is 157 Å². The number of nitrogens with zero attached hydrogens (tertiary/aromatic N) is 3. The van der Waals surface area contributed by atoms with Crippen molar-refractivity contribution < 1.29 is 8.42 Å². The third-order valence-electron chi connectivity index (χ3n) is 7.36. The van der Waals surface area contributed by atoms with Gasteiger partial charge in [-0.15, -0.1) is 0 Å². The monoisotopic (exact) mass is 563 g/mol. The fourth-order valence-corrected chi connectivity index (χ4v) is 6.70. The highest BCUT2D eigenvalue weighted by atomic mass is 32.2. The van der Waals surface area contributed by atoms with Crippen molar-refractivity contribution >= 4 is 21.1 Å². The van der Waals surface area contributed by atoms with E-state index in [4.69, 9.17) is 4.98 Å². The van der Waals surface area contributed by atoms with Gasteiger partial charge in [-0.1, -0.05) is 115 Å². The largest absolute Gasteiger partial charge is 0.269 e. The molecule has 0 atom stereocenters. The molecule has 7 aromatic rings. The first-order valence-electron chi connectivity index (χ1n) is 13.6. The summed E-state index contributed by atoms with van der Waals surface area (Å²) in [5.74, 6) is 0. The molecule has 0 spiro atoms. The second-order valence-electron chi connectivity index (χ2n) is 9.90. The molecule has 2 heterocycles. The normalized spacial score (nSPS) is 11.5. The summed E-state index contributed by atoms with van der Waals surface area (Å²) < 4.78 is 28.1. The van der Waals surface area contributed by atoms with E-state index in [1.165, 1.54) is 10.3 Å². The van der Waals surface area contributed by atoms with Gasteiger partial charge in [0, 0.05) is 11.1 Å². The molecule has 0 fully saturated rings. The van der Waals surface area contributed by atoms with Crippen molar-refractivity contribution in [3.63, 3.8) is 0 Å². The van der Waals surface area contributed by atoms with Crippen molar-refractivity contribution in [1.29, 1.82) is 0 Å². The predicted octanol–water partition coefficient (Wildman–Crippen LogP) is 8.34. The minimum absolute atomic E-state index is 0.209. The maximum Gasteiger partial charge on any atom is 0.269 e. The molecule has 42 heavy (non-hydrogen) atoms. The average Bonchev–Trinajstić information content (AvgIpc) is 3.51. The van der Waals surface area contributed by atoms with Gasteiger partial charge in [-0.05, 0) is 52.6 Å². The molecule has 7 rings (SSSR count). The average molecular weight is 564 g/mol. The van der Waals surface area contributed by atoms with Gasteiger partial charge in [0.25, 0.3) is 10.0 Å². The quantitative estimate of drug-likeness (QED) is 0.204. The highest BCUT2D eigenvalue weighted by Crippen LogP contribution is 2.40. The van der Waals surface area contributed by atoms with Gasteiger partial charge in [-0.3, -0.25) is 0 Å². The van der Waals surface area contributed by atoms with Crippen LogP contribution in [-0.4, -0.2) is 22.4 Å². The van der Waals surface area contributed by atoms with Gasteiger partial charge in [0.15, 0.2) is 0 Å². The molecule has 202 valence electrons. The molecular weight excluding hydrogens is 538 g/mol. The first-order chi connectivity index (χ1) is 20.6. The van der Waals surface area contributed by atoms with Crippen molar-refractivity contribution in [2.24, 2.45) is 0 Å². The van der Waals surface area contributed by atoms with Gasteiger partial charge < -0.3 is 0 Å². The van der Waals surface area contributed by atoms with E-state index >= 15 is 0 Å². The summed E-state index contributed by atoms with van der Waals surface area (Å²) in [5.41, 5.74) is 8.75. The number of hydrogen-bond acceptors (Lipinski definition) is 4. The fourth-order valence-electron chi connectivity index (χ4n) is 5.39. The first kappa shape index (κ1) is 25.6. The van der Waals surface area contributed by atoms with Crippen molar-refractivity contribution in [3.05, 3.63) is 152 Å². The summed E-state index contributed by atoms with van der Waals surface area (Å²) in [6, 6.07) is 46.9. The molecule has 5 aromatic carbocycles. The van der Waals surface area contributed by atoms with Crippen molar-refractivity contribution in [1.82, 2.24) is 13.9 Å². The Bertz CT molecular complexity index is 2080. The van der Waals surface area contributed by atoms with E-state index in [0.29, 0.717) is 16.7 Å². The Morgan fingerprint density at radius 2 is 1.02 bits per heavy atom. The lowest BCUT2D eigenvalue weighted by molar-refractivity contribution is 0.588. The number of aromatic nitrogens is 3. The lowest BCUT2D eigenvalue weighted by Gasteiger charge is -2.16. The maximum atomic E-state index is 13.4. The molecule has 0 unspecified atom stereocenters. The Morgan fingerprint density at radius 1 is 0.500 bits per heavy atom. The van der Waals surface area contributed by atoms with Gasteiger partial charge in [-0.2, -0.15) is 0 Å². The van der Waals surface area contributed by atoms with E-state index in [9.17, 15) is 8.42 Å². The van der Waals surface area contributed by atoms with Gasteiger partial charge >= 0.3 is 0 Å². The zero-order valence-corrected chi connectivity index (χ0v) is 23.3. The smallest absolute Gasteiger partial charge is 0.248 e. The maximum absolute atomic E-state index is 13.4. The van der Waals surface area contributed by atoms with Gasteiger partial charge in [-0.25, -0.2) is 22.4 Å². The fraction of sp³-hybridized carbons (Fsp3) is 0. The molecule has 0 aliphatic heterocycles. The Balaban J connectivity index is 1.41. The lowest BCUT2D eigenvalue weighted by Crippen LogP contribution is -2.11.